The Morgan fingerprint density at radius 1 is 1.35 bits per heavy atom. The summed E-state index contributed by atoms with van der Waals surface area (Å²) < 4.78 is 0. The molecule has 94 valence electrons. The third kappa shape index (κ3) is 4.89. The van der Waals surface area contributed by atoms with Crippen LogP contribution in [0.3, 0.4) is 0 Å². The number of rotatable bonds is 6. The van der Waals surface area contributed by atoms with Crippen molar-refractivity contribution < 1.29 is 9.90 Å². The zero-order chi connectivity index (χ0) is 12.8. The molecule has 2 N–H and O–H groups in total. The highest BCUT2D eigenvalue weighted by Gasteiger charge is 2.14. The van der Waals surface area contributed by atoms with E-state index in [0.717, 1.165) is 6.42 Å². The Labute approximate surface area is 103 Å². The molecule has 0 aromatic heterocycles. The predicted molar refractivity (Wildman–Crippen MR) is 70.3 cm³/mol. The number of ketones is 1. The Morgan fingerprint density at radius 3 is 2.53 bits per heavy atom. The maximum atomic E-state index is 11.2. The van der Waals surface area contributed by atoms with Crippen LogP contribution in [0, 0.1) is 5.92 Å². The summed E-state index contributed by atoms with van der Waals surface area (Å²) in [5, 5.41) is 12.9. The first-order chi connectivity index (χ1) is 7.99. The predicted octanol–water partition coefficient (Wildman–Crippen LogP) is 3.20. The third-order valence-electron chi connectivity index (χ3n) is 2.55. The highest BCUT2D eigenvalue weighted by Crippen LogP contribution is 2.24. The van der Waals surface area contributed by atoms with E-state index in [1.54, 1.807) is 19.1 Å². The van der Waals surface area contributed by atoms with Crippen molar-refractivity contribution in [2.75, 3.05) is 5.32 Å². The van der Waals surface area contributed by atoms with Gasteiger partial charge in [0.2, 0.25) is 0 Å². The van der Waals surface area contributed by atoms with E-state index in [0.29, 0.717) is 18.0 Å². The number of carbonyl (C=O) groups excluding carboxylic acids is 1. The second-order valence-electron chi connectivity index (χ2n) is 4.89. The van der Waals surface area contributed by atoms with Crippen molar-refractivity contribution >= 4 is 11.5 Å². The van der Waals surface area contributed by atoms with Gasteiger partial charge in [-0.3, -0.25) is 4.79 Å². The number of phenolic OH excluding ortho intramolecular Hbond substituents is 1. The molecule has 0 aliphatic rings. The van der Waals surface area contributed by atoms with Crippen molar-refractivity contribution in [3.8, 4) is 5.75 Å². The van der Waals surface area contributed by atoms with Crippen molar-refractivity contribution in [2.45, 2.75) is 39.7 Å². The fraction of sp³-hybridized carbons (Fsp3) is 0.500. The summed E-state index contributed by atoms with van der Waals surface area (Å²) in [6.45, 7) is 5.85. The fourth-order valence-electron chi connectivity index (χ4n) is 1.92. The molecule has 0 fully saturated rings. The van der Waals surface area contributed by atoms with Crippen molar-refractivity contribution in [3.05, 3.63) is 24.3 Å². The van der Waals surface area contributed by atoms with E-state index in [9.17, 15) is 9.90 Å². The van der Waals surface area contributed by atoms with Gasteiger partial charge in [-0.2, -0.15) is 0 Å². The van der Waals surface area contributed by atoms with Crippen molar-refractivity contribution in [3.63, 3.8) is 0 Å². The second-order valence-corrected chi connectivity index (χ2v) is 4.89. The summed E-state index contributed by atoms with van der Waals surface area (Å²) in [4.78, 5) is 11.2. The molecule has 0 aliphatic heterocycles. The molecule has 0 spiro atoms. The Balaban J connectivity index is 2.71. The average Bonchev–Trinajstić information content (AvgIpc) is 2.19. The molecule has 3 nitrogen and oxygen atoms in total. The number of phenols is 1. The molecule has 0 saturated carbocycles. The summed E-state index contributed by atoms with van der Waals surface area (Å²) in [5.41, 5.74) is 0.694. The Hall–Kier alpha value is -1.51. The molecule has 0 aliphatic carbocycles. The van der Waals surface area contributed by atoms with Crippen molar-refractivity contribution in [1.29, 1.82) is 0 Å². The van der Waals surface area contributed by atoms with Crippen LogP contribution < -0.4 is 5.32 Å². The third-order valence-corrected chi connectivity index (χ3v) is 2.55. The lowest BCUT2D eigenvalue weighted by atomic mass is 9.99. The summed E-state index contributed by atoms with van der Waals surface area (Å²) in [6.07, 6.45) is 1.40. The van der Waals surface area contributed by atoms with Gasteiger partial charge in [-0.15, -0.1) is 0 Å². The molecule has 3 heteroatoms. The van der Waals surface area contributed by atoms with Crippen LogP contribution in [-0.2, 0) is 4.79 Å². The van der Waals surface area contributed by atoms with E-state index in [-0.39, 0.29) is 17.6 Å². The summed E-state index contributed by atoms with van der Waals surface area (Å²) >= 11 is 0. The van der Waals surface area contributed by atoms with E-state index in [2.05, 4.69) is 19.2 Å². The molecule has 0 amide bonds. The van der Waals surface area contributed by atoms with Gasteiger partial charge in [0.1, 0.15) is 11.5 Å². The number of hydrogen-bond acceptors (Lipinski definition) is 3. The van der Waals surface area contributed by atoms with E-state index in [1.165, 1.54) is 0 Å². The first kappa shape index (κ1) is 13.6. The molecule has 17 heavy (non-hydrogen) atoms. The molecule has 0 unspecified atom stereocenters. The standard InChI is InChI=1S/C14H21NO2/c1-10(2)8-12(9-11(3)16)15-13-6-4-5-7-14(13)17/h4-7,10,12,15,17H,8-9H2,1-3H3/t12-/m1/s1. The van der Waals surface area contributed by atoms with Crippen LogP contribution in [0.5, 0.6) is 5.75 Å². The Morgan fingerprint density at radius 2 is 2.00 bits per heavy atom. The average molecular weight is 235 g/mol. The van der Waals surface area contributed by atoms with E-state index in [1.807, 2.05) is 12.1 Å². The molecule has 1 rings (SSSR count). The normalized spacial score (nSPS) is 12.5. The van der Waals surface area contributed by atoms with Crippen LogP contribution in [0.1, 0.15) is 33.6 Å². The number of aromatic hydroxyl groups is 1. The zero-order valence-corrected chi connectivity index (χ0v) is 10.7. The van der Waals surface area contributed by atoms with Gasteiger partial charge in [-0.25, -0.2) is 0 Å². The lowest BCUT2D eigenvalue weighted by molar-refractivity contribution is -0.117. The van der Waals surface area contributed by atoms with Crippen LogP contribution in [0.15, 0.2) is 24.3 Å². The molecule has 0 saturated heterocycles. The Kier molecular flexibility index (Phi) is 5.01. The van der Waals surface area contributed by atoms with Gasteiger partial charge in [0, 0.05) is 12.5 Å². The van der Waals surface area contributed by atoms with Gasteiger partial charge in [0.05, 0.1) is 5.69 Å². The maximum absolute atomic E-state index is 11.2. The molecule has 0 heterocycles. The minimum absolute atomic E-state index is 0.0841. The maximum Gasteiger partial charge on any atom is 0.138 e. The number of nitrogens with one attached hydrogen (secondary N) is 1. The summed E-state index contributed by atoms with van der Waals surface area (Å²) in [5.74, 6) is 0.904. The minimum atomic E-state index is 0.0841. The molecular weight excluding hydrogens is 214 g/mol. The van der Waals surface area contributed by atoms with Crippen LogP contribution in [-0.4, -0.2) is 16.9 Å². The van der Waals surface area contributed by atoms with Crippen LogP contribution in [0.25, 0.3) is 0 Å². The Bertz CT molecular complexity index is 374. The first-order valence-corrected chi connectivity index (χ1v) is 6.03. The van der Waals surface area contributed by atoms with Crippen LogP contribution in [0.2, 0.25) is 0 Å². The fourth-order valence-corrected chi connectivity index (χ4v) is 1.92. The minimum Gasteiger partial charge on any atom is -0.506 e. The largest absolute Gasteiger partial charge is 0.506 e. The van der Waals surface area contributed by atoms with Crippen molar-refractivity contribution in [1.82, 2.24) is 0 Å². The van der Waals surface area contributed by atoms with Gasteiger partial charge in [-0.05, 0) is 31.4 Å². The summed E-state index contributed by atoms with van der Waals surface area (Å²) in [7, 11) is 0. The zero-order valence-electron chi connectivity index (χ0n) is 10.7. The number of carbonyl (C=O) groups is 1. The molecule has 1 aromatic carbocycles. The van der Waals surface area contributed by atoms with E-state index >= 15 is 0 Å². The smallest absolute Gasteiger partial charge is 0.138 e. The van der Waals surface area contributed by atoms with Crippen molar-refractivity contribution in [2.24, 2.45) is 5.92 Å². The molecule has 0 bridgehead atoms. The molecule has 1 aromatic rings. The van der Waals surface area contributed by atoms with Crippen LogP contribution in [0.4, 0.5) is 5.69 Å². The lowest BCUT2D eigenvalue weighted by Gasteiger charge is -2.21. The summed E-state index contributed by atoms with van der Waals surface area (Å²) in [6, 6.07) is 7.19. The van der Waals surface area contributed by atoms with Gasteiger partial charge < -0.3 is 10.4 Å². The molecule has 1 atom stereocenters. The number of hydrogen-bond donors (Lipinski definition) is 2. The van der Waals surface area contributed by atoms with Gasteiger partial charge >= 0.3 is 0 Å². The molecular formula is C14H21NO2. The number of anilines is 1. The number of para-hydroxylation sites is 2. The number of benzene rings is 1. The highest BCUT2D eigenvalue weighted by molar-refractivity contribution is 5.76. The first-order valence-electron chi connectivity index (χ1n) is 6.03. The quantitative estimate of drug-likeness (QED) is 0.744. The van der Waals surface area contributed by atoms with E-state index in [4.69, 9.17) is 0 Å². The SMILES string of the molecule is CC(=O)C[C@@H](CC(C)C)Nc1ccccc1O. The number of Topliss-reactive ketones (excluding diaryl/α,β-unsaturated/α-hetero) is 1. The second kappa shape index (κ2) is 6.28. The van der Waals surface area contributed by atoms with Crippen LogP contribution >= 0.6 is 0 Å². The van der Waals surface area contributed by atoms with E-state index < -0.39 is 0 Å². The monoisotopic (exact) mass is 235 g/mol. The lowest BCUT2D eigenvalue weighted by Crippen LogP contribution is -2.24. The van der Waals surface area contributed by atoms with Gasteiger partial charge in [0.25, 0.3) is 0 Å². The van der Waals surface area contributed by atoms with Gasteiger partial charge in [-0.1, -0.05) is 26.0 Å². The topological polar surface area (TPSA) is 49.3 Å². The highest BCUT2D eigenvalue weighted by atomic mass is 16.3. The van der Waals surface area contributed by atoms with Gasteiger partial charge in [0.15, 0.2) is 0 Å². The molecule has 0 radical (unpaired) electrons.